The standard InChI is InChI=1S/C18H20FN5/c1-20-14-3-2-6-24(11-14)16-4-5-22-18-17(16)15(10-23-18)12-7-13(19)9-21-8-12/h4-5,7-10,14,20H,2-3,6,11H2,1H3,(H,22,23)/t14-/m0/s1. The number of aromatic amines is 1. The van der Waals surface area contributed by atoms with E-state index in [1.165, 1.54) is 18.7 Å². The molecule has 0 spiro atoms. The van der Waals surface area contributed by atoms with Crippen molar-refractivity contribution < 1.29 is 4.39 Å². The third-order valence-electron chi connectivity index (χ3n) is 4.74. The number of nitrogens with one attached hydrogen (secondary N) is 2. The maximum absolute atomic E-state index is 13.6. The molecule has 0 aromatic carbocycles. The van der Waals surface area contributed by atoms with Crippen LogP contribution in [0.1, 0.15) is 12.8 Å². The van der Waals surface area contributed by atoms with Crippen LogP contribution in [0.25, 0.3) is 22.2 Å². The second-order valence-corrected chi connectivity index (χ2v) is 6.22. The zero-order valence-electron chi connectivity index (χ0n) is 13.6. The van der Waals surface area contributed by atoms with Gasteiger partial charge in [-0.1, -0.05) is 0 Å². The summed E-state index contributed by atoms with van der Waals surface area (Å²) in [5.41, 5.74) is 3.66. The van der Waals surface area contributed by atoms with Crippen LogP contribution in [-0.2, 0) is 0 Å². The van der Waals surface area contributed by atoms with Crippen molar-refractivity contribution in [3.8, 4) is 11.1 Å². The molecule has 1 fully saturated rings. The molecule has 4 rings (SSSR count). The molecule has 1 saturated heterocycles. The molecule has 0 amide bonds. The van der Waals surface area contributed by atoms with Crippen LogP contribution in [0.2, 0.25) is 0 Å². The number of halogens is 1. The van der Waals surface area contributed by atoms with Crippen LogP contribution < -0.4 is 10.2 Å². The number of hydrogen-bond donors (Lipinski definition) is 2. The van der Waals surface area contributed by atoms with Crippen molar-refractivity contribution in [1.29, 1.82) is 0 Å². The van der Waals surface area contributed by atoms with Crippen molar-refractivity contribution in [2.75, 3.05) is 25.0 Å². The lowest BCUT2D eigenvalue weighted by atomic mass is 10.0. The first kappa shape index (κ1) is 15.1. The number of piperidine rings is 1. The first-order valence-electron chi connectivity index (χ1n) is 8.25. The van der Waals surface area contributed by atoms with Gasteiger partial charge in [-0.25, -0.2) is 9.37 Å². The van der Waals surface area contributed by atoms with Crippen LogP contribution in [0.3, 0.4) is 0 Å². The maximum Gasteiger partial charge on any atom is 0.142 e. The summed E-state index contributed by atoms with van der Waals surface area (Å²) in [5.74, 6) is -0.333. The molecule has 3 aromatic heterocycles. The zero-order valence-corrected chi connectivity index (χ0v) is 13.6. The van der Waals surface area contributed by atoms with Crippen LogP contribution in [0.15, 0.2) is 36.9 Å². The number of fused-ring (bicyclic) bond motifs is 1. The van der Waals surface area contributed by atoms with E-state index in [2.05, 4.69) is 25.2 Å². The molecule has 6 heteroatoms. The molecule has 2 N–H and O–H groups in total. The van der Waals surface area contributed by atoms with Crippen molar-refractivity contribution in [1.82, 2.24) is 20.3 Å². The molecular formula is C18H20FN5. The summed E-state index contributed by atoms with van der Waals surface area (Å²) in [4.78, 5) is 14.0. The first-order chi connectivity index (χ1) is 11.8. The van der Waals surface area contributed by atoms with Crippen LogP contribution >= 0.6 is 0 Å². The number of H-pyrrole nitrogens is 1. The van der Waals surface area contributed by atoms with E-state index in [1.807, 2.05) is 25.5 Å². The van der Waals surface area contributed by atoms with Crippen LogP contribution in [0.4, 0.5) is 10.1 Å². The fourth-order valence-electron chi connectivity index (χ4n) is 3.52. The summed E-state index contributed by atoms with van der Waals surface area (Å²) < 4.78 is 13.6. The molecule has 3 aromatic rings. The van der Waals surface area contributed by atoms with E-state index >= 15 is 0 Å². The molecule has 0 bridgehead atoms. The first-order valence-corrected chi connectivity index (χ1v) is 8.25. The normalized spacial score (nSPS) is 18.2. The maximum atomic E-state index is 13.6. The average molecular weight is 325 g/mol. The van der Waals surface area contributed by atoms with E-state index in [1.54, 1.807) is 6.20 Å². The highest BCUT2D eigenvalue weighted by molar-refractivity contribution is 6.02. The van der Waals surface area contributed by atoms with Crippen molar-refractivity contribution in [2.45, 2.75) is 18.9 Å². The third kappa shape index (κ3) is 2.63. The molecule has 1 atom stereocenters. The van der Waals surface area contributed by atoms with Gasteiger partial charge in [-0.2, -0.15) is 0 Å². The molecular weight excluding hydrogens is 305 g/mol. The van der Waals surface area contributed by atoms with Crippen molar-refractivity contribution >= 4 is 16.7 Å². The van der Waals surface area contributed by atoms with Crippen molar-refractivity contribution in [3.05, 3.63) is 42.7 Å². The Hall–Kier alpha value is -2.47. The van der Waals surface area contributed by atoms with E-state index in [9.17, 15) is 4.39 Å². The van der Waals surface area contributed by atoms with E-state index in [0.717, 1.165) is 47.4 Å². The number of rotatable bonds is 3. The molecule has 24 heavy (non-hydrogen) atoms. The minimum atomic E-state index is -0.333. The summed E-state index contributed by atoms with van der Waals surface area (Å²) >= 11 is 0. The van der Waals surface area contributed by atoms with Gasteiger partial charge in [-0.15, -0.1) is 0 Å². The lowest BCUT2D eigenvalue weighted by Gasteiger charge is -2.34. The molecule has 0 unspecified atom stereocenters. The highest BCUT2D eigenvalue weighted by Crippen LogP contribution is 2.35. The highest BCUT2D eigenvalue weighted by atomic mass is 19.1. The summed E-state index contributed by atoms with van der Waals surface area (Å²) in [7, 11) is 2.01. The number of pyridine rings is 2. The SMILES string of the molecule is CN[C@H]1CCCN(c2ccnc3[nH]cc(-c4cncc(F)c4)c23)C1. The quantitative estimate of drug-likeness (QED) is 0.777. The Morgan fingerprint density at radius 3 is 3.12 bits per heavy atom. The van der Waals surface area contributed by atoms with Crippen molar-refractivity contribution in [3.63, 3.8) is 0 Å². The molecule has 4 heterocycles. The lowest BCUT2D eigenvalue weighted by molar-refractivity contribution is 0.450. The molecule has 0 saturated carbocycles. The monoisotopic (exact) mass is 325 g/mol. The van der Waals surface area contributed by atoms with Gasteiger partial charge in [0, 0.05) is 59.9 Å². The predicted molar refractivity (Wildman–Crippen MR) is 93.6 cm³/mol. The second kappa shape index (κ2) is 6.20. The average Bonchev–Trinajstić information content (AvgIpc) is 3.06. The number of likely N-dealkylation sites (N-methyl/N-ethyl adjacent to an activating group) is 1. The lowest BCUT2D eigenvalue weighted by Crippen LogP contribution is -2.44. The van der Waals surface area contributed by atoms with E-state index in [0.29, 0.717) is 6.04 Å². The second-order valence-electron chi connectivity index (χ2n) is 6.22. The van der Waals surface area contributed by atoms with Gasteiger partial charge < -0.3 is 15.2 Å². The minimum Gasteiger partial charge on any atom is -0.369 e. The van der Waals surface area contributed by atoms with Gasteiger partial charge in [0.15, 0.2) is 0 Å². The van der Waals surface area contributed by atoms with Crippen molar-refractivity contribution in [2.24, 2.45) is 0 Å². The molecule has 5 nitrogen and oxygen atoms in total. The van der Waals surface area contributed by atoms with Gasteiger partial charge in [-0.05, 0) is 32.0 Å². The number of hydrogen-bond acceptors (Lipinski definition) is 4. The van der Waals surface area contributed by atoms with Gasteiger partial charge in [-0.3, -0.25) is 4.98 Å². The van der Waals surface area contributed by atoms with Crippen LogP contribution in [0, 0.1) is 5.82 Å². The van der Waals surface area contributed by atoms with Crippen LogP contribution in [-0.4, -0.2) is 41.1 Å². The summed E-state index contributed by atoms with van der Waals surface area (Å²) in [5, 5.41) is 4.40. The Balaban J connectivity index is 1.83. The smallest absolute Gasteiger partial charge is 0.142 e. The van der Waals surface area contributed by atoms with Crippen LogP contribution in [0.5, 0.6) is 0 Å². The van der Waals surface area contributed by atoms with Gasteiger partial charge in [0.2, 0.25) is 0 Å². The summed E-state index contributed by atoms with van der Waals surface area (Å²) in [6.45, 7) is 1.98. The number of anilines is 1. The molecule has 1 aliphatic rings. The van der Waals surface area contributed by atoms with Gasteiger partial charge in [0.05, 0.1) is 6.20 Å². The Morgan fingerprint density at radius 2 is 2.29 bits per heavy atom. The van der Waals surface area contributed by atoms with E-state index < -0.39 is 0 Å². The Kier molecular flexibility index (Phi) is 3.90. The molecule has 0 radical (unpaired) electrons. The van der Waals surface area contributed by atoms with E-state index in [4.69, 9.17) is 0 Å². The van der Waals surface area contributed by atoms with E-state index in [-0.39, 0.29) is 5.82 Å². The Labute approximate surface area is 139 Å². The zero-order chi connectivity index (χ0) is 16.5. The highest BCUT2D eigenvalue weighted by Gasteiger charge is 2.22. The summed E-state index contributed by atoms with van der Waals surface area (Å²) in [6, 6.07) is 4.05. The fourth-order valence-corrected chi connectivity index (χ4v) is 3.52. The molecule has 1 aliphatic heterocycles. The van der Waals surface area contributed by atoms with Gasteiger partial charge in [0.1, 0.15) is 11.5 Å². The van der Waals surface area contributed by atoms with Gasteiger partial charge >= 0.3 is 0 Å². The Morgan fingerprint density at radius 1 is 1.38 bits per heavy atom. The predicted octanol–water partition coefficient (Wildman–Crippen LogP) is 2.95. The minimum absolute atomic E-state index is 0.333. The largest absolute Gasteiger partial charge is 0.369 e. The van der Waals surface area contributed by atoms with Gasteiger partial charge in [0.25, 0.3) is 0 Å². The molecule has 0 aliphatic carbocycles. The fraction of sp³-hybridized carbons (Fsp3) is 0.333. The Bertz CT molecular complexity index is 859. The number of nitrogens with zero attached hydrogens (tertiary/aromatic N) is 3. The summed E-state index contributed by atoms with van der Waals surface area (Å²) in [6.07, 6.45) is 8.96. The molecule has 124 valence electrons. The third-order valence-corrected chi connectivity index (χ3v) is 4.74. The topological polar surface area (TPSA) is 56.8 Å². The number of aromatic nitrogens is 3.